The molecular weight excluding hydrogens is 402 g/mol. The van der Waals surface area contributed by atoms with Crippen LogP contribution in [0.2, 0.25) is 5.02 Å². The van der Waals surface area contributed by atoms with Gasteiger partial charge in [0.15, 0.2) is 5.16 Å². The summed E-state index contributed by atoms with van der Waals surface area (Å²) in [5.74, 6) is -0.193. The number of rotatable bonds is 7. The fourth-order valence-corrected chi connectivity index (χ4v) is 3.59. The standard InChI is InChI=1S/C18H16ClN5O3S/c1-2-23-16-6-4-3-5-15(16)21-18(23)28-11-17(25)22-20-10-12-9-13(24(26)27)7-8-14(12)19/h3-10H,2,11H2,1H3,(H,22,25)/b20-10-. The molecule has 8 nitrogen and oxygen atoms in total. The Bertz CT molecular complexity index is 1070. The van der Waals surface area contributed by atoms with Gasteiger partial charge in [-0.15, -0.1) is 0 Å². The first-order chi connectivity index (χ1) is 13.5. The Labute approximate surface area is 169 Å². The second kappa shape index (κ2) is 8.85. The number of nitrogens with one attached hydrogen (secondary N) is 1. The summed E-state index contributed by atoms with van der Waals surface area (Å²) in [6.45, 7) is 2.76. The minimum atomic E-state index is -0.525. The number of imidazole rings is 1. The molecule has 0 aliphatic heterocycles. The fourth-order valence-electron chi connectivity index (χ4n) is 2.55. The lowest BCUT2D eigenvalue weighted by molar-refractivity contribution is -0.384. The molecule has 144 valence electrons. The zero-order chi connectivity index (χ0) is 20.1. The number of nitrogens with zero attached hydrogens (tertiary/aromatic N) is 4. The molecule has 0 atom stereocenters. The van der Waals surface area contributed by atoms with Crippen molar-refractivity contribution in [3.8, 4) is 0 Å². The summed E-state index contributed by atoms with van der Waals surface area (Å²) < 4.78 is 2.04. The number of fused-ring (bicyclic) bond motifs is 1. The van der Waals surface area contributed by atoms with E-state index in [9.17, 15) is 14.9 Å². The molecule has 0 saturated carbocycles. The summed E-state index contributed by atoms with van der Waals surface area (Å²) in [5.41, 5.74) is 4.53. The predicted octanol–water partition coefficient (Wildman–Crippen LogP) is 3.86. The van der Waals surface area contributed by atoms with Crippen LogP contribution in [0.15, 0.2) is 52.7 Å². The first-order valence-corrected chi connectivity index (χ1v) is 9.70. The van der Waals surface area contributed by atoms with Gasteiger partial charge < -0.3 is 4.57 Å². The second-order valence-corrected chi connectivity index (χ2v) is 7.02. The number of aryl methyl sites for hydroxylation is 1. The van der Waals surface area contributed by atoms with Gasteiger partial charge in [-0.2, -0.15) is 5.10 Å². The van der Waals surface area contributed by atoms with E-state index in [0.29, 0.717) is 10.6 Å². The van der Waals surface area contributed by atoms with Crippen molar-refractivity contribution in [3.05, 3.63) is 63.2 Å². The Hall–Kier alpha value is -2.91. The molecule has 0 saturated heterocycles. The molecule has 0 aliphatic carbocycles. The largest absolute Gasteiger partial charge is 0.319 e. The first-order valence-electron chi connectivity index (χ1n) is 8.33. The van der Waals surface area contributed by atoms with Crippen molar-refractivity contribution in [2.24, 2.45) is 5.10 Å². The van der Waals surface area contributed by atoms with Crippen molar-refractivity contribution in [2.75, 3.05) is 5.75 Å². The van der Waals surface area contributed by atoms with Crippen LogP contribution in [0.1, 0.15) is 12.5 Å². The van der Waals surface area contributed by atoms with Crippen LogP contribution >= 0.6 is 23.4 Å². The van der Waals surface area contributed by atoms with E-state index in [-0.39, 0.29) is 17.3 Å². The Balaban J connectivity index is 1.62. The van der Waals surface area contributed by atoms with E-state index in [0.717, 1.165) is 22.7 Å². The van der Waals surface area contributed by atoms with E-state index in [1.54, 1.807) is 0 Å². The molecule has 0 radical (unpaired) electrons. The lowest BCUT2D eigenvalue weighted by Gasteiger charge is -2.05. The average Bonchev–Trinajstić information content (AvgIpc) is 3.05. The van der Waals surface area contributed by atoms with Crippen LogP contribution in [0.3, 0.4) is 0 Å². The van der Waals surface area contributed by atoms with E-state index >= 15 is 0 Å². The Morgan fingerprint density at radius 3 is 2.93 bits per heavy atom. The van der Waals surface area contributed by atoms with Gasteiger partial charge >= 0.3 is 0 Å². The van der Waals surface area contributed by atoms with Crippen molar-refractivity contribution in [2.45, 2.75) is 18.6 Å². The van der Waals surface area contributed by atoms with E-state index in [2.05, 4.69) is 15.5 Å². The second-order valence-electron chi connectivity index (χ2n) is 5.67. The minimum Gasteiger partial charge on any atom is -0.319 e. The van der Waals surface area contributed by atoms with Crippen molar-refractivity contribution in [1.29, 1.82) is 0 Å². The van der Waals surface area contributed by atoms with Crippen molar-refractivity contribution in [1.82, 2.24) is 15.0 Å². The number of nitro benzene ring substituents is 1. The highest BCUT2D eigenvalue weighted by Crippen LogP contribution is 2.24. The molecule has 28 heavy (non-hydrogen) atoms. The van der Waals surface area contributed by atoms with Crippen LogP contribution in [-0.4, -0.2) is 32.3 Å². The number of non-ortho nitro benzene ring substituents is 1. The molecule has 1 heterocycles. The Kier molecular flexibility index (Phi) is 6.27. The third-order valence-electron chi connectivity index (χ3n) is 3.85. The van der Waals surface area contributed by atoms with Crippen molar-refractivity contribution >= 4 is 52.2 Å². The Morgan fingerprint density at radius 2 is 2.18 bits per heavy atom. The number of carbonyl (C=O) groups excluding carboxylic acids is 1. The van der Waals surface area contributed by atoms with Crippen LogP contribution in [0.25, 0.3) is 11.0 Å². The lowest BCUT2D eigenvalue weighted by Crippen LogP contribution is -2.20. The van der Waals surface area contributed by atoms with Crippen LogP contribution in [-0.2, 0) is 11.3 Å². The molecule has 10 heteroatoms. The first kappa shape index (κ1) is 19.8. The zero-order valence-electron chi connectivity index (χ0n) is 14.8. The summed E-state index contributed by atoms with van der Waals surface area (Å²) in [5, 5.41) is 15.7. The molecule has 1 aromatic heterocycles. The smallest absolute Gasteiger partial charge is 0.270 e. The molecule has 0 aliphatic rings. The molecule has 1 N–H and O–H groups in total. The van der Waals surface area contributed by atoms with Gasteiger partial charge in [0.1, 0.15) is 0 Å². The third kappa shape index (κ3) is 4.49. The molecular formula is C18H16ClN5O3S. The molecule has 0 fully saturated rings. The topological polar surface area (TPSA) is 102 Å². The quantitative estimate of drug-likeness (QED) is 0.272. The summed E-state index contributed by atoms with van der Waals surface area (Å²) >= 11 is 7.30. The summed E-state index contributed by atoms with van der Waals surface area (Å²) in [4.78, 5) is 26.9. The van der Waals surface area contributed by atoms with Gasteiger partial charge in [0.2, 0.25) is 0 Å². The number of amides is 1. The van der Waals surface area contributed by atoms with Gasteiger partial charge in [-0.25, -0.2) is 10.4 Å². The highest BCUT2D eigenvalue weighted by Gasteiger charge is 2.12. The molecule has 3 aromatic rings. The summed E-state index contributed by atoms with van der Waals surface area (Å²) in [6, 6.07) is 11.8. The summed E-state index contributed by atoms with van der Waals surface area (Å²) in [7, 11) is 0. The van der Waals surface area contributed by atoms with Gasteiger partial charge in [0, 0.05) is 29.3 Å². The average molecular weight is 418 g/mol. The number of hydrogen-bond donors (Lipinski definition) is 1. The van der Waals surface area contributed by atoms with Crippen molar-refractivity contribution < 1.29 is 9.72 Å². The maximum atomic E-state index is 12.1. The highest BCUT2D eigenvalue weighted by atomic mass is 35.5. The van der Waals surface area contributed by atoms with Gasteiger partial charge in [0.05, 0.1) is 27.9 Å². The van der Waals surface area contributed by atoms with Gasteiger partial charge in [0.25, 0.3) is 11.6 Å². The number of hydrogen-bond acceptors (Lipinski definition) is 6. The number of aromatic nitrogens is 2. The van der Waals surface area contributed by atoms with Gasteiger partial charge in [-0.1, -0.05) is 35.5 Å². The molecule has 2 aromatic carbocycles. The normalized spacial score (nSPS) is 11.2. The van der Waals surface area contributed by atoms with Crippen LogP contribution in [0, 0.1) is 10.1 Å². The number of benzene rings is 2. The molecule has 1 amide bonds. The minimum absolute atomic E-state index is 0.105. The summed E-state index contributed by atoms with van der Waals surface area (Å²) in [6.07, 6.45) is 1.28. The van der Waals surface area contributed by atoms with Crippen LogP contribution in [0.4, 0.5) is 5.69 Å². The number of para-hydroxylation sites is 2. The van der Waals surface area contributed by atoms with E-state index in [4.69, 9.17) is 11.6 Å². The maximum absolute atomic E-state index is 12.1. The molecule has 0 unspecified atom stereocenters. The van der Waals surface area contributed by atoms with Crippen molar-refractivity contribution in [3.63, 3.8) is 0 Å². The maximum Gasteiger partial charge on any atom is 0.270 e. The number of nitro groups is 1. The SMILES string of the molecule is CCn1c(SCC(=O)N/N=C\c2cc([N+](=O)[O-])ccc2Cl)nc2ccccc21. The molecule has 0 spiro atoms. The van der Waals surface area contributed by atoms with Crippen LogP contribution < -0.4 is 5.43 Å². The highest BCUT2D eigenvalue weighted by molar-refractivity contribution is 7.99. The predicted molar refractivity (Wildman–Crippen MR) is 110 cm³/mol. The number of thioether (sulfide) groups is 1. The van der Waals surface area contributed by atoms with E-state index in [1.807, 2.05) is 35.8 Å². The van der Waals surface area contributed by atoms with E-state index in [1.165, 1.54) is 36.2 Å². The lowest BCUT2D eigenvalue weighted by atomic mass is 10.2. The molecule has 0 bridgehead atoms. The van der Waals surface area contributed by atoms with Gasteiger partial charge in [-0.3, -0.25) is 14.9 Å². The monoisotopic (exact) mass is 417 g/mol. The number of hydrazone groups is 1. The third-order valence-corrected chi connectivity index (χ3v) is 5.17. The van der Waals surface area contributed by atoms with Crippen LogP contribution in [0.5, 0.6) is 0 Å². The molecule has 3 rings (SSSR count). The number of halogens is 1. The Morgan fingerprint density at radius 1 is 1.39 bits per heavy atom. The zero-order valence-corrected chi connectivity index (χ0v) is 16.4. The fraction of sp³-hybridized carbons (Fsp3) is 0.167. The van der Waals surface area contributed by atoms with E-state index < -0.39 is 4.92 Å². The number of carbonyl (C=O) groups is 1. The van der Waals surface area contributed by atoms with Gasteiger partial charge in [-0.05, 0) is 25.1 Å².